The molecule has 0 unspecified atom stereocenters. The topological polar surface area (TPSA) is 177 Å². The zero-order valence-electron chi connectivity index (χ0n) is 35.1. The van der Waals surface area contributed by atoms with Crippen LogP contribution in [-0.4, -0.2) is 59.2 Å². The van der Waals surface area contributed by atoms with Crippen molar-refractivity contribution in [1.82, 2.24) is 0 Å². The molecule has 0 bridgehead atoms. The van der Waals surface area contributed by atoms with Crippen molar-refractivity contribution in [2.45, 2.75) is 64.1 Å². The number of halogens is 10. The minimum Gasteiger partial charge on any atom is -1.00 e. The number of carboxylic acids is 2. The first-order valence-electron chi connectivity index (χ1n) is 16.9. The summed E-state index contributed by atoms with van der Waals surface area (Å²) in [6.07, 6.45) is -15.2. The number of aliphatic carboxylic acids is 2. The third-order valence-electron chi connectivity index (χ3n) is 7.98. The molecule has 0 spiro atoms. The number of nitrogens with two attached hydrogens (primary N) is 1. The average Bonchev–Trinajstić information content (AvgIpc) is 3.21. The summed E-state index contributed by atoms with van der Waals surface area (Å²) in [5, 5.41) is 26.7. The second kappa shape index (κ2) is 34.0. The Labute approximate surface area is 498 Å². The van der Waals surface area contributed by atoms with Gasteiger partial charge in [0.15, 0.2) is 12.2 Å². The van der Waals surface area contributed by atoms with Crippen LogP contribution in [0.15, 0.2) is 84.9 Å². The molecule has 0 saturated carbocycles. The molecule has 0 saturated heterocycles. The van der Waals surface area contributed by atoms with Gasteiger partial charge < -0.3 is 37.0 Å². The van der Waals surface area contributed by atoms with E-state index in [1.807, 2.05) is 0 Å². The Morgan fingerprint density at radius 3 is 1.52 bits per heavy atom. The van der Waals surface area contributed by atoms with Crippen LogP contribution in [0.5, 0.6) is 0 Å². The van der Waals surface area contributed by atoms with Crippen LogP contribution in [0.1, 0.15) is 29.2 Å². The van der Waals surface area contributed by atoms with Crippen LogP contribution < -0.4 is 149 Å². The third-order valence-corrected chi connectivity index (χ3v) is 8.94. The molecular formula is C40H37Cl3Cs2F7N3O9. The van der Waals surface area contributed by atoms with Crippen molar-refractivity contribution in [2.75, 3.05) is 0 Å². The minimum atomic E-state index is -4.87. The van der Waals surface area contributed by atoms with E-state index in [1.54, 1.807) is 74.5 Å². The van der Waals surface area contributed by atoms with Crippen molar-refractivity contribution in [2.24, 2.45) is 11.7 Å². The van der Waals surface area contributed by atoms with Crippen LogP contribution in [0.4, 0.5) is 42.1 Å². The van der Waals surface area contributed by atoms with Crippen molar-refractivity contribution < 1.29 is 214 Å². The number of hydrogen-bond acceptors (Lipinski definition) is 8. The number of benzene rings is 4. The molecule has 338 valence electrons. The molecule has 0 amide bonds. The minimum absolute atomic E-state index is 0. The van der Waals surface area contributed by atoms with Gasteiger partial charge >= 0.3 is 162 Å². The smallest absolute Gasteiger partial charge is 1.00 e. The van der Waals surface area contributed by atoms with Gasteiger partial charge in [-0.25, -0.2) is 14.1 Å². The van der Waals surface area contributed by atoms with Gasteiger partial charge in [0, 0.05) is 0 Å². The predicted octanol–water partition coefficient (Wildman–Crippen LogP) is 3.45. The molecule has 24 heteroatoms. The van der Waals surface area contributed by atoms with Crippen LogP contribution in [0.25, 0.3) is 9.69 Å². The van der Waals surface area contributed by atoms with Gasteiger partial charge in [-0.15, -0.1) is 12.4 Å². The summed E-state index contributed by atoms with van der Waals surface area (Å²) in [5.41, 5.74) is 7.46. The molecule has 0 aliphatic carbocycles. The first kappa shape index (κ1) is 66.9. The van der Waals surface area contributed by atoms with Gasteiger partial charge in [-0.1, -0.05) is 102 Å². The molecule has 12 nitrogen and oxygen atoms in total. The Kier molecular flexibility index (Phi) is 35.5. The first-order chi connectivity index (χ1) is 28.5. The molecule has 4 atom stereocenters. The molecule has 4 rings (SSSR count). The zero-order valence-corrected chi connectivity index (χ0v) is 49.0. The van der Waals surface area contributed by atoms with Crippen LogP contribution in [-0.2, 0) is 48.4 Å². The fraction of sp³-hybridized carbons (Fsp3) is 0.275. The SMILES string of the molecule is Cl.N[C@@H](C(=O)O)[C@H](OCc1ccccc1)C(F)(F)F.O=CO[O-].[C-]#[N+]c1ccc(C[C@@H](C(=O)O)[C@H](OCc2ccccc2)C(F)(F)F)c(C)c1Cl.[C-]#[N+]c1ccc(F)c(C)c1Cl.[Cs+].[Cs+].[H-]. The second-order valence-electron chi connectivity index (χ2n) is 12.1. The standard InChI is InChI=1S/C20H17ClF3NO3.C11H12F3NO3.C8H5ClFN.CH2O3.ClH.2Cs.H/c1-12-14(8-9-16(25-2)17(12)21)10-15(19(26)27)18(20(22,23)24)28-11-13-6-4-3-5-7-13;12-11(13,14)9(8(15)10(16)17)18-6-7-4-2-1-3-5-7;1-5-6(10)3-4-7(11-2)8(5)9;2-1-4-3;;;;/h3-9,15,18H,10-11H2,1H3,(H,26,27);1-5,8-9H,6,15H2,(H,16,17);3-4H,1H3;1,3H;1H;;;/q;;;;;2*+1;-1/p-1/t15-,18+;8-,9+;;;;;;/m11....../s1. The molecule has 0 heterocycles. The van der Waals surface area contributed by atoms with E-state index in [0.29, 0.717) is 33.5 Å². The first-order valence-corrected chi connectivity index (χ1v) is 17.7. The van der Waals surface area contributed by atoms with Gasteiger partial charge in [0.2, 0.25) is 11.4 Å². The van der Waals surface area contributed by atoms with E-state index in [2.05, 4.69) is 19.3 Å². The van der Waals surface area contributed by atoms with Crippen molar-refractivity contribution in [1.29, 1.82) is 0 Å². The Balaban J connectivity index is -0.000000433. The maximum absolute atomic E-state index is 13.6. The molecule has 4 aromatic rings. The Morgan fingerprint density at radius 1 is 0.766 bits per heavy atom. The van der Waals surface area contributed by atoms with Crippen LogP contribution in [0, 0.1) is 38.7 Å². The summed E-state index contributed by atoms with van der Waals surface area (Å²) in [7, 11) is 0. The molecule has 0 aromatic heterocycles. The maximum atomic E-state index is 13.6. The molecule has 0 radical (unpaired) electrons. The van der Waals surface area contributed by atoms with Crippen LogP contribution in [0.2, 0.25) is 10.0 Å². The maximum Gasteiger partial charge on any atom is 1.00 e. The number of carboxylic acid groups (broad SMARTS) is 2. The van der Waals surface area contributed by atoms with Gasteiger partial charge in [-0.3, -0.25) is 14.4 Å². The van der Waals surface area contributed by atoms with E-state index in [9.17, 15) is 45.4 Å². The van der Waals surface area contributed by atoms with Crippen molar-refractivity contribution >= 4 is 65.4 Å². The van der Waals surface area contributed by atoms with E-state index in [4.69, 9.17) is 62.0 Å². The molecule has 4 N–H and O–H groups in total. The summed E-state index contributed by atoms with van der Waals surface area (Å²) in [5.74, 6) is -5.62. The Bertz CT molecular complexity index is 2140. The molecule has 4 aromatic carbocycles. The summed E-state index contributed by atoms with van der Waals surface area (Å²) in [4.78, 5) is 39.7. The Hall–Kier alpha value is -1.41. The summed E-state index contributed by atoms with van der Waals surface area (Å²) >= 11 is 11.7. The van der Waals surface area contributed by atoms with Crippen LogP contribution in [0.3, 0.4) is 0 Å². The number of rotatable bonds is 13. The van der Waals surface area contributed by atoms with Gasteiger partial charge in [0.1, 0.15) is 11.9 Å². The number of alkyl halides is 6. The molecular weight excluding hydrogens is 1170 g/mol. The fourth-order valence-electron chi connectivity index (χ4n) is 4.80. The van der Waals surface area contributed by atoms with Gasteiger partial charge in [0.05, 0.1) is 42.3 Å². The second-order valence-corrected chi connectivity index (χ2v) is 12.9. The summed E-state index contributed by atoms with van der Waals surface area (Å²) in [6.45, 7) is 15.9. The monoisotopic (exact) mass is 1210 g/mol. The van der Waals surface area contributed by atoms with Crippen molar-refractivity contribution in [3.05, 3.63) is 151 Å². The predicted molar refractivity (Wildman–Crippen MR) is 213 cm³/mol. The normalized spacial score (nSPS) is 12.1. The number of nitrogens with zero attached hydrogens (tertiary/aromatic N) is 2. The van der Waals surface area contributed by atoms with Gasteiger partial charge in [-0.05, 0) is 54.2 Å². The summed E-state index contributed by atoms with van der Waals surface area (Å²) in [6, 6.07) is 19.6. The van der Waals surface area contributed by atoms with E-state index in [-0.39, 0.29) is 193 Å². The Morgan fingerprint density at radius 2 is 1.16 bits per heavy atom. The van der Waals surface area contributed by atoms with Crippen molar-refractivity contribution in [3.63, 3.8) is 0 Å². The van der Waals surface area contributed by atoms with E-state index in [1.165, 1.54) is 24.3 Å². The quantitative estimate of drug-likeness (QED) is 0.0592. The number of carbonyl (C=O) groups excluding carboxylic acids is 1. The largest absolute Gasteiger partial charge is 1.00 e. The van der Waals surface area contributed by atoms with E-state index < -0.39 is 54.9 Å². The zero-order chi connectivity index (χ0) is 46.5. The summed E-state index contributed by atoms with van der Waals surface area (Å²) < 4.78 is 101. The van der Waals surface area contributed by atoms with E-state index in [0.717, 1.165) is 0 Å². The van der Waals surface area contributed by atoms with Gasteiger partial charge in [-0.2, -0.15) is 26.3 Å². The fourth-order valence-corrected chi connectivity index (χ4v) is 5.23. The van der Waals surface area contributed by atoms with E-state index >= 15 is 0 Å². The number of hydrogen-bond donors (Lipinski definition) is 3. The van der Waals surface area contributed by atoms with Gasteiger partial charge in [0.25, 0.3) is 6.47 Å². The average molecular weight is 1210 g/mol. The number of carbonyl (C=O) groups is 3. The van der Waals surface area contributed by atoms with Crippen LogP contribution >= 0.6 is 35.6 Å². The third kappa shape index (κ3) is 23.5. The molecule has 0 aliphatic rings. The molecule has 64 heavy (non-hydrogen) atoms. The molecule has 0 fully saturated rings. The number of ether oxygens (including phenoxy) is 2. The molecule has 0 aliphatic heterocycles. The van der Waals surface area contributed by atoms with Crippen molar-refractivity contribution in [3.8, 4) is 0 Å².